The van der Waals surface area contributed by atoms with E-state index in [2.05, 4.69) is 10.00 Å². The Bertz CT molecular complexity index is 852. The van der Waals surface area contributed by atoms with Gasteiger partial charge in [0.1, 0.15) is 0 Å². The predicted octanol–water partition coefficient (Wildman–Crippen LogP) is 0.930. The number of sulfone groups is 1. The molecule has 1 fully saturated rings. The maximum Gasteiger partial charge on any atom is 0.490 e. The van der Waals surface area contributed by atoms with Gasteiger partial charge in [-0.1, -0.05) is 6.92 Å². The molecule has 2 aliphatic heterocycles. The van der Waals surface area contributed by atoms with Crippen LogP contribution < -0.4 is 0 Å². The topological polar surface area (TPSA) is 113 Å². The molecule has 9 nitrogen and oxygen atoms in total. The summed E-state index contributed by atoms with van der Waals surface area (Å²) in [6, 6.07) is 1.94. The molecule has 1 unspecified atom stereocenters. The van der Waals surface area contributed by atoms with E-state index >= 15 is 0 Å². The van der Waals surface area contributed by atoms with E-state index in [1.54, 1.807) is 13.1 Å². The van der Waals surface area contributed by atoms with Crippen molar-refractivity contribution in [2.75, 3.05) is 37.7 Å². The highest BCUT2D eigenvalue weighted by Gasteiger charge is 2.38. The van der Waals surface area contributed by atoms with Crippen LogP contribution in [0.1, 0.15) is 31.5 Å². The maximum atomic E-state index is 12.3. The first-order chi connectivity index (χ1) is 13.9. The Morgan fingerprint density at radius 1 is 1.30 bits per heavy atom. The number of rotatable bonds is 6. The van der Waals surface area contributed by atoms with Gasteiger partial charge in [-0.25, -0.2) is 13.2 Å². The minimum absolute atomic E-state index is 0.00817. The van der Waals surface area contributed by atoms with Crippen LogP contribution in [0, 0.1) is 0 Å². The van der Waals surface area contributed by atoms with Gasteiger partial charge in [0.25, 0.3) is 0 Å². The Hall–Kier alpha value is -2.15. The first-order valence-corrected chi connectivity index (χ1v) is 11.3. The van der Waals surface area contributed by atoms with Gasteiger partial charge in [-0.15, -0.1) is 0 Å². The maximum absolute atomic E-state index is 12.3. The molecule has 1 aromatic rings. The number of likely N-dealkylation sites (tertiary alicyclic amines) is 1. The molecule has 3 rings (SSSR count). The van der Waals surface area contributed by atoms with Crippen molar-refractivity contribution in [1.82, 2.24) is 19.6 Å². The Kier molecular flexibility index (Phi) is 7.86. The van der Waals surface area contributed by atoms with Crippen LogP contribution in [0.25, 0.3) is 0 Å². The molecule has 1 saturated heterocycles. The minimum Gasteiger partial charge on any atom is -0.475 e. The summed E-state index contributed by atoms with van der Waals surface area (Å²) in [7, 11) is -2.97. The minimum atomic E-state index is -5.08. The Morgan fingerprint density at radius 2 is 1.93 bits per heavy atom. The van der Waals surface area contributed by atoms with Crippen LogP contribution in [-0.4, -0.2) is 88.8 Å². The number of halogens is 3. The third-order valence-corrected chi connectivity index (χ3v) is 6.66. The molecule has 13 heteroatoms. The molecular weight excluding hydrogens is 429 g/mol. The lowest BCUT2D eigenvalue weighted by Crippen LogP contribution is -2.45. The molecule has 2 aliphatic rings. The number of hydrogen-bond acceptors (Lipinski definition) is 6. The second-order valence-electron chi connectivity index (χ2n) is 7.13. The average molecular weight is 454 g/mol. The van der Waals surface area contributed by atoms with Gasteiger partial charge in [-0.2, -0.15) is 18.3 Å². The van der Waals surface area contributed by atoms with E-state index in [1.807, 2.05) is 15.6 Å². The number of aliphatic carboxylic acids is 1. The summed E-state index contributed by atoms with van der Waals surface area (Å²) in [6.45, 7) is 5.26. The second kappa shape index (κ2) is 9.77. The van der Waals surface area contributed by atoms with Crippen molar-refractivity contribution < 1.29 is 36.3 Å². The summed E-state index contributed by atoms with van der Waals surface area (Å²) < 4.78 is 57.1. The number of carbonyl (C=O) groups is 2. The van der Waals surface area contributed by atoms with Crippen molar-refractivity contribution in [3.05, 3.63) is 18.0 Å². The monoisotopic (exact) mass is 454 g/mol. The van der Waals surface area contributed by atoms with Crippen molar-refractivity contribution in [3.63, 3.8) is 0 Å². The number of nitrogens with zero attached hydrogens (tertiary/aromatic N) is 4. The molecule has 0 bridgehead atoms. The molecule has 3 heterocycles. The predicted molar refractivity (Wildman–Crippen MR) is 100 cm³/mol. The highest BCUT2D eigenvalue weighted by molar-refractivity contribution is 7.91. The standard InChI is InChI=1S/C15H24N4O3S.C2HF3O2/c1-2-23(21,22)9-8-17-11-13-4-5-16-19(13)14(12-17)10-15(20)18-6-3-7-18;3-2(4,5)1(6)7/h4-5,14H,2-3,6-12H2,1H3;(H,6,7). The molecule has 0 aromatic carbocycles. The number of fused-ring (bicyclic) bond motifs is 1. The molecule has 1 amide bonds. The molecule has 1 atom stereocenters. The van der Waals surface area contributed by atoms with Crippen molar-refractivity contribution in [2.24, 2.45) is 0 Å². The summed E-state index contributed by atoms with van der Waals surface area (Å²) in [5.41, 5.74) is 1.05. The first-order valence-electron chi connectivity index (χ1n) is 9.46. The van der Waals surface area contributed by atoms with Crippen LogP contribution in [0.15, 0.2) is 12.3 Å². The fourth-order valence-electron chi connectivity index (χ4n) is 3.09. The zero-order valence-corrected chi connectivity index (χ0v) is 17.3. The Balaban J connectivity index is 0.000000396. The number of amides is 1. The SMILES string of the molecule is CCS(=O)(=O)CCN1Cc2ccnn2C(CC(=O)N2CCC2)C1.O=C(O)C(F)(F)F. The lowest BCUT2D eigenvalue weighted by molar-refractivity contribution is -0.192. The highest BCUT2D eigenvalue weighted by atomic mass is 32.2. The number of hydrogen-bond donors (Lipinski definition) is 1. The Labute approximate surface area is 172 Å². The van der Waals surface area contributed by atoms with Crippen molar-refractivity contribution in [3.8, 4) is 0 Å². The van der Waals surface area contributed by atoms with Crippen molar-refractivity contribution >= 4 is 21.7 Å². The molecule has 0 saturated carbocycles. The number of aromatic nitrogens is 2. The second-order valence-corrected chi connectivity index (χ2v) is 9.61. The number of alkyl halides is 3. The third-order valence-electron chi connectivity index (χ3n) is 4.97. The lowest BCUT2D eigenvalue weighted by atomic mass is 10.1. The normalized spacial score (nSPS) is 19.3. The van der Waals surface area contributed by atoms with Crippen LogP contribution >= 0.6 is 0 Å². The van der Waals surface area contributed by atoms with Crippen LogP contribution in [0.5, 0.6) is 0 Å². The van der Waals surface area contributed by atoms with E-state index in [0.717, 1.165) is 25.2 Å². The van der Waals surface area contributed by atoms with Gasteiger partial charge in [-0.3, -0.25) is 14.4 Å². The van der Waals surface area contributed by atoms with Gasteiger partial charge >= 0.3 is 12.1 Å². The summed E-state index contributed by atoms with van der Waals surface area (Å²) >= 11 is 0. The molecule has 1 aromatic heterocycles. The fourth-order valence-corrected chi connectivity index (χ4v) is 3.92. The summed E-state index contributed by atoms with van der Waals surface area (Å²) in [6.07, 6.45) is -1.81. The quantitative estimate of drug-likeness (QED) is 0.680. The van der Waals surface area contributed by atoms with Gasteiger partial charge in [-0.05, 0) is 12.5 Å². The van der Waals surface area contributed by atoms with E-state index in [9.17, 15) is 26.4 Å². The molecule has 0 spiro atoms. The zero-order valence-electron chi connectivity index (χ0n) is 16.5. The van der Waals surface area contributed by atoms with Crippen LogP contribution in [0.3, 0.4) is 0 Å². The zero-order chi connectivity index (χ0) is 22.5. The summed E-state index contributed by atoms with van der Waals surface area (Å²) in [5, 5.41) is 11.5. The van der Waals surface area contributed by atoms with E-state index in [0.29, 0.717) is 26.1 Å². The molecule has 1 N–H and O–H groups in total. The lowest BCUT2D eigenvalue weighted by Gasteiger charge is -2.36. The van der Waals surface area contributed by atoms with Crippen molar-refractivity contribution in [2.45, 2.75) is 38.5 Å². The first kappa shape index (κ1) is 24.1. The van der Waals surface area contributed by atoms with E-state index in [-0.39, 0.29) is 23.5 Å². The van der Waals surface area contributed by atoms with Crippen LogP contribution in [0.2, 0.25) is 0 Å². The number of carboxylic acids is 1. The van der Waals surface area contributed by atoms with Gasteiger partial charge < -0.3 is 10.0 Å². The fraction of sp³-hybridized carbons (Fsp3) is 0.706. The molecule has 0 aliphatic carbocycles. The molecular formula is C17H25F3N4O5S. The van der Waals surface area contributed by atoms with Crippen LogP contribution in [0.4, 0.5) is 13.2 Å². The van der Waals surface area contributed by atoms with Crippen molar-refractivity contribution in [1.29, 1.82) is 0 Å². The highest BCUT2D eigenvalue weighted by Crippen LogP contribution is 2.24. The van der Waals surface area contributed by atoms with Gasteiger partial charge in [0.15, 0.2) is 9.84 Å². The molecule has 30 heavy (non-hydrogen) atoms. The van der Waals surface area contributed by atoms with Gasteiger partial charge in [0, 0.05) is 44.7 Å². The van der Waals surface area contributed by atoms with E-state index in [1.165, 1.54) is 0 Å². The summed E-state index contributed by atoms with van der Waals surface area (Å²) in [4.78, 5) is 25.2. The Morgan fingerprint density at radius 3 is 2.43 bits per heavy atom. The van der Waals surface area contributed by atoms with Gasteiger partial charge in [0.2, 0.25) is 5.91 Å². The number of carbonyl (C=O) groups excluding carboxylic acids is 1. The largest absolute Gasteiger partial charge is 0.490 e. The third kappa shape index (κ3) is 6.69. The molecule has 0 radical (unpaired) electrons. The smallest absolute Gasteiger partial charge is 0.475 e. The van der Waals surface area contributed by atoms with E-state index in [4.69, 9.17) is 9.90 Å². The van der Waals surface area contributed by atoms with Crippen LogP contribution in [-0.2, 0) is 26.0 Å². The molecule has 170 valence electrons. The van der Waals surface area contributed by atoms with E-state index < -0.39 is 22.0 Å². The summed E-state index contributed by atoms with van der Waals surface area (Å²) in [5.74, 6) is -2.24. The number of carboxylic acid groups (broad SMARTS) is 1. The van der Waals surface area contributed by atoms with Gasteiger partial charge in [0.05, 0.1) is 23.9 Å². The average Bonchev–Trinajstić information content (AvgIpc) is 3.07.